The van der Waals surface area contributed by atoms with Gasteiger partial charge in [0.2, 0.25) is 0 Å². The molecule has 0 saturated carbocycles. The zero-order valence-corrected chi connectivity index (χ0v) is 9.96. The second-order valence-electron chi connectivity index (χ2n) is 4.33. The van der Waals surface area contributed by atoms with Crippen molar-refractivity contribution in [2.45, 2.75) is 12.3 Å². The minimum absolute atomic E-state index is 0.0416. The van der Waals surface area contributed by atoms with Gasteiger partial charge in [0.15, 0.2) is 0 Å². The highest BCUT2D eigenvalue weighted by Crippen LogP contribution is 2.35. The largest absolute Gasteiger partial charge is 0.497 e. The highest BCUT2D eigenvalue weighted by molar-refractivity contribution is 5.45. The Hall–Kier alpha value is -1.26. The van der Waals surface area contributed by atoms with Gasteiger partial charge in [0.05, 0.1) is 14.2 Å². The first-order valence-electron chi connectivity index (χ1n) is 5.38. The van der Waals surface area contributed by atoms with E-state index in [1.807, 2.05) is 18.2 Å². The molecule has 2 rings (SSSR count). The van der Waals surface area contributed by atoms with Gasteiger partial charge in [-0.15, -0.1) is 0 Å². The van der Waals surface area contributed by atoms with E-state index in [1.165, 1.54) is 5.56 Å². The molecule has 88 valence electrons. The standard InChI is InChI=1S/C12H18N2O2/c1-12(7-13-14-8-12)10-6-9(15-2)4-5-11(10)16-3/h4-6,13-14H,7-8H2,1-3H3. The Balaban J connectivity index is 2.43. The molecule has 16 heavy (non-hydrogen) atoms. The summed E-state index contributed by atoms with van der Waals surface area (Å²) < 4.78 is 10.7. The van der Waals surface area contributed by atoms with Crippen molar-refractivity contribution >= 4 is 0 Å². The van der Waals surface area contributed by atoms with E-state index in [4.69, 9.17) is 9.47 Å². The van der Waals surface area contributed by atoms with Gasteiger partial charge in [-0.05, 0) is 18.2 Å². The average Bonchev–Trinajstić information content (AvgIpc) is 2.76. The quantitative estimate of drug-likeness (QED) is 0.803. The van der Waals surface area contributed by atoms with E-state index in [1.54, 1.807) is 14.2 Å². The van der Waals surface area contributed by atoms with Crippen molar-refractivity contribution in [2.75, 3.05) is 27.3 Å². The van der Waals surface area contributed by atoms with E-state index in [2.05, 4.69) is 17.8 Å². The maximum atomic E-state index is 5.41. The molecular weight excluding hydrogens is 204 g/mol. The van der Waals surface area contributed by atoms with Crippen LogP contribution in [-0.4, -0.2) is 27.3 Å². The molecule has 0 unspecified atom stereocenters. The Morgan fingerprint density at radius 3 is 2.38 bits per heavy atom. The number of hydrogen-bond acceptors (Lipinski definition) is 4. The monoisotopic (exact) mass is 222 g/mol. The zero-order chi connectivity index (χ0) is 11.6. The molecule has 4 heteroatoms. The van der Waals surface area contributed by atoms with Crippen LogP contribution in [0.3, 0.4) is 0 Å². The van der Waals surface area contributed by atoms with Gasteiger partial charge >= 0.3 is 0 Å². The molecule has 0 atom stereocenters. The molecule has 1 aliphatic heterocycles. The van der Waals surface area contributed by atoms with Crippen LogP contribution in [0.5, 0.6) is 11.5 Å². The van der Waals surface area contributed by atoms with Crippen molar-refractivity contribution in [3.05, 3.63) is 23.8 Å². The van der Waals surface area contributed by atoms with Crippen LogP contribution in [0.15, 0.2) is 18.2 Å². The van der Waals surface area contributed by atoms with Gasteiger partial charge in [0.25, 0.3) is 0 Å². The maximum absolute atomic E-state index is 5.41. The minimum atomic E-state index is 0.0416. The Bertz CT molecular complexity index is 373. The van der Waals surface area contributed by atoms with E-state index in [0.29, 0.717) is 0 Å². The number of benzene rings is 1. The average molecular weight is 222 g/mol. The first-order chi connectivity index (χ1) is 7.69. The first-order valence-corrected chi connectivity index (χ1v) is 5.38. The molecular formula is C12H18N2O2. The first kappa shape index (κ1) is 11.2. The van der Waals surface area contributed by atoms with E-state index in [-0.39, 0.29) is 5.41 Å². The van der Waals surface area contributed by atoms with Crippen LogP contribution in [0.25, 0.3) is 0 Å². The van der Waals surface area contributed by atoms with Gasteiger partial charge in [-0.3, -0.25) is 10.9 Å². The maximum Gasteiger partial charge on any atom is 0.122 e. The summed E-state index contributed by atoms with van der Waals surface area (Å²) in [5.74, 6) is 1.78. The molecule has 1 aromatic rings. The number of hydrogen-bond donors (Lipinski definition) is 2. The summed E-state index contributed by atoms with van der Waals surface area (Å²) >= 11 is 0. The van der Waals surface area contributed by atoms with Crippen LogP contribution >= 0.6 is 0 Å². The van der Waals surface area contributed by atoms with Gasteiger partial charge in [-0.25, -0.2) is 0 Å². The lowest BCUT2D eigenvalue weighted by atomic mass is 9.83. The van der Waals surface area contributed by atoms with Gasteiger partial charge in [0.1, 0.15) is 11.5 Å². The third kappa shape index (κ3) is 1.86. The van der Waals surface area contributed by atoms with Crippen molar-refractivity contribution < 1.29 is 9.47 Å². The summed E-state index contributed by atoms with van der Waals surface area (Å²) in [6.45, 7) is 3.98. The smallest absolute Gasteiger partial charge is 0.122 e. The van der Waals surface area contributed by atoms with Gasteiger partial charge < -0.3 is 9.47 Å². The number of methoxy groups -OCH3 is 2. The summed E-state index contributed by atoms with van der Waals surface area (Å²) in [7, 11) is 3.38. The van der Waals surface area contributed by atoms with Crippen LogP contribution in [0.2, 0.25) is 0 Å². The fraction of sp³-hybridized carbons (Fsp3) is 0.500. The van der Waals surface area contributed by atoms with Crippen LogP contribution in [-0.2, 0) is 5.41 Å². The second kappa shape index (κ2) is 4.31. The molecule has 0 bridgehead atoms. The van der Waals surface area contributed by atoms with E-state index >= 15 is 0 Å². The molecule has 1 fully saturated rings. The summed E-state index contributed by atoms with van der Waals surface area (Å²) in [6.07, 6.45) is 0. The normalized spacial score (nSPS) is 18.4. The van der Waals surface area contributed by atoms with E-state index in [9.17, 15) is 0 Å². The van der Waals surface area contributed by atoms with Gasteiger partial charge in [-0.1, -0.05) is 6.92 Å². The third-order valence-corrected chi connectivity index (χ3v) is 3.14. The lowest BCUT2D eigenvalue weighted by Crippen LogP contribution is -2.28. The number of hydrazine groups is 1. The number of rotatable bonds is 3. The highest BCUT2D eigenvalue weighted by atomic mass is 16.5. The molecule has 0 spiro atoms. The van der Waals surface area contributed by atoms with E-state index in [0.717, 1.165) is 24.6 Å². The summed E-state index contributed by atoms with van der Waals surface area (Å²) in [5, 5.41) is 0. The van der Waals surface area contributed by atoms with Crippen LogP contribution in [0.1, 0.15) is 12.5 Å². The lowest BCUT2D eigenvalue weighted by molar-refractivity contribution is 0.385. The fourth-order valence-corrected chi connectivity index (χ4v) is 2.05. The van der Waals surface area contributed by atoms with Crippen molar-refractivity contribution in [3.8, 4) is 11.5 Å². The minimum Gasteiger partial charge on any atom is -0.497 e. The fourth-order valence-electron chi connectivity index (χ4n) is 2.05. The molecule has 0 amide bonds. The molecule has 4 nitrogen and oxygen atoms in total. The van der Waals surface area contributed by atoms with Crippen LogP contribution in [0.4, 0.5) is 0 Å². The summed E-state index contributed by atoms with van der Waals surface area (Å²) in [6, 6.07) is 5.92. The van der Waals surface area contributed by atoms with Crippen molar-refractivity contribution in [2.24, 2.45) is 0 Å². The SMILES string of the molecule is COc1ccc(OC)c(C2(C)CNNC2)c1. The van der Waals surface area contributed by atoms with Gasteiger partial charge in [-0.2, -0.15) is 0 Å². The molecule has 2 N–H and O–H groups in total. The molecule has 1 saturated heterocycles. The highest BCUT2D eigenvalue weighted by Gasteiger charge is 2.33. The zero-order valence-electron chi connectivity index (χ0n) is 9.96. The number of ether oxygens (including phenoxy) is 2. The predicted molar refractivity (Wildman–Crippen MR) is 62.9 cm³/mol. The van der Waals surface area contributed by atoms with Crippen molar-refractivity contribution in [1.82, 2.24) is 10.9 Å². The molecule has 1 heterocycles. The molecule has 0 aromatic heterocycles. The van der Waals surface area contributed by atoms with Crippen molar-refractivity contribution in [1.29, 1.82) is 0 Å². The second-order valence-corrected chi connectivity index (χ2v) is 4.33. The molecule has 1 aromatic carbocycles. The Morgan fingerprint density at radius 2 is 1.81 bits per heavy atom. The summed E-state index contributed by atoms with van der Waals surface area (Å²) in [5.41, 5.74) is 7.52. The Morgan fingerprint density at radius 1 is 1.12 bits per heavy atom. The van der Waals surface area contributed by atoms with E-state index < -0.39 is 0 Å². The molecule has 0 aliphatic carbocycles. The van der Waals surface area contributed by atoms with Crippen LogP contribution < -0.4 is 20.3 Å². The third-order valence-electron chi connectivity index (χ3n) is 3.14. The number of nitrogens with one attached hydrogen (secondary N) is 2. The molecule has 1 aliphatic rings. The van der Waals surface area contributed by atoms with Crippen LogP contribution in [0, 0.1) is 0 Å². The Labute approximate surface area is 95.9 Å². The molecule has 0 radical (unpaired) electrons. The topological polar surface area (TPSA) is 42.5 Å². The van der Waals surface area contributed by atoms with Gasteiger partial charge in [0, 0.05) is 24.1 Å². The predicted octanol–water partition coefficient (Wildman–Crippen LogP) is 1.07. The lowest BCUT2D eigenvalue weighted by Gasteiger charge is -2.25. The van der Waals surface area contributed by atoms with Crippen molar-refractivity contribution in [3.63, 3.8) is 0 Å². The summed E-state index contributed by atoms with van der Waals surface area (Å²) in [4.78, 5) is 0. The Kier molecular flexibility index (Phi) is 3.03.